The zero-order chi connectivity index (χ0) is 14.3. The lowest BCUT2D eigenvalue weighted by Gasteiger charge is -2.10. The molecule has 0 amide bonds. The topological polar surface area (TPSA) is 30.7 Å². The summed E-state index contributed by atoms with van der Waals surface area (Å²) in [5.41, 5.74) is 3.37. The maximum Gasteiger partial charge on any atom is 0.128 e. The predicted octanol–water partition coefficient (Wildman–Crippen LogP) is 4.46. The van der Waals surface area contributed by atoms with E-state index in [4.69, 9.17) is 11.6 Å². The molecule has 104 valence electrons. The summed E-state index contributed by atoms with van der Waals surface area (Å²) in [4.78, 5) is 10.4. The van der Waals surface area contributed by atoms with Gasteiger partial charge in [0, 0.05) is 11.1 Å². The van der Waals surface area contributed by atoms with E-state index in [9.17, 15) is 0 Å². The molecule has 1 aromatic carbocycles. The van der Waals surface area contributed by atoms with Crippen LogP contribution in [0.5, 0.6) is 0 Å². The van der Waals surface area contributed by atoms with E-state index >= 15 is 0 Å². The molecule has 0 bridgehead atoms. The number of aryl methyl sites for hydroxylation is 2. The fraction of sp³-hybridized carbons (Fsp3) is 0.333. The van der Waals surface area contributed by atoms with E-state index in [1.807, 2.05) is 25.3 Å². The number of rotatable bonds is 3. The molecule has 20 heavy (non-hydrogen) atoms. The summed E-state index contributed by atoms with van der Waals surface area (Å²) >= 11 is 8.02. The molecule has 0 spiro atoms. The van der Waals surface area contributed by atoms with Crippen molar-refractivity contribution < 1.29 is 0 Å². The second-order valence-electron chi connectivity index (χ2n) is 4.98. The van der Waals surface area contributed by atoms with E-state index in [1.54, 1.807) is 11.3 Å². The zero-order valence-corrected chi connectivity index (χ0v) is 13.3. The van der Waals surface area contributed by atoms with Crippen molar-refractivity contribution in [1.82, 2.24) is 14.5 Å². The minimum absolute atomic E-state index is 0.122. The number of thiazole rings is 1. The number of nitrogens with zero attached hydrogens (tertiary/aromatic N) is 3. The first-order valence-electron chi connectivity index (χ1n) is 6.57. The molecular formula is C15H16ClN3S. The minimum Gasteiger partial charge on any atom is -0.320 e. The normalized spacial score (nSPS) is 13.0. The van der Waals surface area contributed by atoms with Gasteiger partial charge in [0.2, 0.25) is 0 Å². The Balaban J connectivity index is 2.18. The molecular weight excluding hydrogens is 290 g/mol. The Morgan fingerprint density at radius 1 is 1.35 bits per heavy atom. The van der Waals surface area contributed by atoms with E-state index in [0.29, 0.717) is 0 Å². The van der Waals surface area contributed by atoms with Crippen LogP contribution in [0.25, 0.3) is 11.0 Å². The van der Waals surface area contributed by atoms with Gasteiger partial charge in [-0.3, -0.25) is 0 Å². The van der Waals surface area contributed by atoms with Crippen molar-refractivity contribution in [2.45, 2.75) is 32.7 Å². The van der Waals surface area contributed by atoms with Gasteiger partial charge in [-0.1, -0.05) is 12.1 Å². The van der Waals surface area contributed by atoms with E-state index in [-0.39, 0.29) is 5.38 Å². The molecule has 0 saturated carbocycles. The van der Waals surface area contributed by atoms with E-state index in [2.05, 4.69) is 34.4 Å². The molecule has 0 saturated heterocycles. The molecule has 3 rings (SSSR count). The standard InChI is InChI=1S/C15H16ClN3S/c1-9-5-4-6-12-14(9)19(15(18-12)11(3)16)8-13-17-7-10(2)20-13/h4-7,11H,8H2,1-3H3. The quantitative estimate of drug-likeness (QED) is 0.669. The maximum atomic E-state index is 6.30. The summed E-state index contributed by atoms with van der Waals surface area (Å²) in [6, 6.07) is 6.18. The number of aromatic nitrogens is 3. The lowest BCUT2D eigenvalue weighted by Crippen LogP contribution is -2.06. The van der Waals surface area contributed by atoms with Gasteiger partial charge < -0.3 is 4.57 Å². The fourth-order valence-electron chi connectivity index (χ4n) is 2.46. The summed E-state index contributed by atoms with van der Waals surface area (Å²) in [5, 5.41) is 0.964. The Bertz CT molecular complexity index is 758. The number of hydrogen-bond donors (Lipinski definition) is 0. The number of alkyl halides is 1. The first-order valence-corrected chi connectivity index (χ1v) is 7.82. The van der Waals surface area contributed by atoms with Crippen LogP contribution in [0.4, 0.5) is 0 Å². The summed E-state index contributed by atoms with van der Waals surface area (Å²) < 4.78 is 2.20. The Morgan fingerprint density at radius 2 is 2.15 bits per heavy atom. The third-order valence-corrected chi connectivity index (χ3v) is 4.41. The van der Waals surface area contributed by atoms with Crippen LogP contribution < -0.4 is 0 Å². The number of para-hydroxylation sites is 1. The summed E-state index contributed by atoms with van der Waals surface area (Å²) in [6.07, 6.45) is 1.91. The Hall–Kier alpha value is -1.39. The van der Waals surface area contributed by atoms with Crippen molar-refractivity contribution in [2.24, 2.45) is 0 Å². The summed E-state index contributed by atoms with van der Waals surface area (Å²) in [5.74, 6) is 0.906. The lowest BCUT2D eigenvalue weighted by atomic mass is 10.2. The average Bonchev–Trinajstić information content (AvgIpc) is 2.95. The largest absolute Gasteiger partial charge is 0.320 e. The minimum atomic E-state index is -0.122. The van der Waals surface area contributed by atoms with Crippen molar-refractivity contribution in [3.05, 3.63) is 45.7 Å². The second-order valence-corrected chi connectivity index (χ2v) is 6.95. The lowest BCUT2D eigenvalue weighted by molar-refractivity contribution is 0.737. The maximum absolute atomic E-state index is 6.30. The fourth-order valence-corrected chi connectivity index (χ4v) is 3.40. The van der Waals surface area contributed by atoms with Gasteiger partial charge in [0.25, 0.3) is 0 Å². The molecule has 1 unspecified atom stereocenters. The third-order valence-electron chi connectivity index (χ3n) is 3.32. The molecule has 0 aliphatic heterocycles. The van der Waals surface area contributed by atoms with Gasteiger partial charge in [-0.2, -0.15) is 0 Å². The van der Waals surface area contributed by atoms with Crippen LogP contribution in [0.2, 0.25) is 0 Å². The molecule has 0 aliphatic rings. The molecule has 2 heterocycles. The van der Waals surface area contributed by atoms with E-state index < -0.39 is 0 Å². The molecule has 1 atom stereocenters. The smallest absolute Gasteiger partial charge is 0.128 e. The Morgan fingerprint density at radius 3 is 2.80 bits per heavy atom. The van der Waals surface area contributed by atoms with Crippen molar-refractivity contribution in [3.63, 3.8) is 0 Å². The van der Waals surface area contributed by atoms with Crippen molar-refractivity contribution in [3.8, 4) is 0 Å². The zero-order valence-electron chi connectivity index (χ0n) is 11.7. The van der Waals surface area contributed by atoms with Crippen LogP contribution in [0.15, 0.2) is 24.4 Å². The first-order chi connectivity index (χ1) is 9.56. The summed E-state index contributed by atoms with van der Waals surface area (Å²) in [6.45, 7) is 6.87. The number of benzene rings is 1. The van der Waals surface area contributed by atoms with Gasteiger partial charge in [-0.25, -0.2) is 9.97 Å². The highest BCUT2D eigenvalue weighted by atomic mass is 35.5. The monoisotopic (exact) mass is 305 g/mol. The van der Waals surface area contributed by atoms with Gasteiger partial charge in [0.05, 0.1) is 23.0 Å². The van der Waals surface area contributed by atoms with Crippen molar-refractivity contribution in [1.29, 1.82) is 0 Å². The van der Waals surface area contributed by atoms with Crippen molar-refractivity contribution >= 4 is 34.0 Å². The van der Waals surface area contributed by atoms with Gasteiger partial charge in [0.15, 0.2) is 0 Å². The highest BCUT2D eigenvalue weighted by Gasteiger charge is 2.17. The molecule has 3 aromatic rings. The highest BCUT2D eigenvalue weighted by molar-refractivity contribution is 7.11. The Labute approximate surface area is 127 Å². The summed E-state index contributed by atoms with van der Waals surface area (Å²) in [7, 11) is 0. The van der Waals surface area contributed by atoms with E-state index in [1.165, 1.54) is 10.4 Å². The molecule has 3 nitrogen and oxygen atoms in total. The van der Waals surface area contributed by atoms with Crippen LogP contribution in [0, 0.1) is 13.8 Å². The van der Waals surface area contributed by atoms with E-state index in [0.717, 1.165) is 28.4 Å². The average molecular weight is 306 g/mol. The molecule has 0 fully saturated rings. The van der Waals surface area contributed by atoms with Crippen molar-refractivity contribution in [2.75, 3.05) is 0 Å². The third kappa shape index (κ3) is 2.34. The molecule has 0 aliphatic carbocycles. The Kier molecular flexibility index (Phi) is 3.52. The number of imidazole rings is 1. The molecule has 0 N–H and O–H groups in total. The van der Waals surface area contributed by atoms with Crippen LogP contribution >= 0.6 is 22.9 Å². The highest BCUT2D eigenvalue weighted by Crippen LogP contribution is 2.28. The second kappa shape index (κ2) is 5.19. The van der Waals surface area contributed by atoms with Crippen LogP contribution in [-0.4, -0.2) is 14.5 Å². The molecule has 2 aromatic heterocycles. The van der Waals surface area contributed by atoms with Gasteiger partial charge >= 0.3 is 0 Å². The van der Waals surface area contributed by atoms with Crippen LogP contribution in [0.3, 0.4) is 0 Å². The van der Waals surface area contributed by atoms with Gasteiger partial charge in [0.1, 0.15) is 10.8 Å². The molecule has 0 radical (unpaired) electrons. The number of hydrogen-bond acceptors (Lipinski definition) is 3. The van der Waals surface area contributed by atoms with Gasteiger partial charge in [-0.15, -0.1) is 22.9 Å². The van der Waals surface area contributed by atoms with Gasteiger partial charge in [-0.05, 0) is 32.4 Å². The number of halogens is 1. The number of fused-ring (bicyclic) bond motifs is 1. The van der Waals surface area contributed by atoms with Crippen LogP contribution in [0.1, 0.15) is 33.6 Å². The SMILES string of the molecule is Cc1cnc(Cn2c(C(C)Cl)nc3cccc(C)c32)s1. The molecule has 5 heteroatoms. The predicted molar refractivity (Wildman–Crippen MR) is 84.7 cm³/mol. The first kappa shape index (κ1) is 13.6. The van der Waals surface area contributed by atoms with Crippen LogP contribution in [-0.2, 0) is 6.54 Å².